The Labute approximate surface area is 123 Å². The van der Waals surface area contributed by atoms with E-state index in [4.69, 9.17) is 9.47 Å². The van der Waals surface area contributed by atoms with Gasteiger partial charge < -0.3 is 14.8 Å². The Hall–Kier alpha value is -2.44. The van der Waals surface area contributed by atoms with E-state index in [0.29, 0.717) is 30.7 Å². The first-order valence-corrected chi connectivity index (χ1v) is 6.89. The lowest BCUT2D eigenvalue weighted by atomic mass is 10.2. The van der Waals surface area contributed by atoms with E-state index >= 15 is 0 Å². The normalized spacial score (nSPS) is 10.2. The maximum atomic E-state index is 5.57. The third-order valence-electron chi connectivity index (χ3n) is 2.58. The molecular formula is C14H19N5O2. The average molecular weight is 289 g/mol. The summed E-state index contributed by atoms with van der Waals surface area (Å²) in [6.45, 7) is 5.38. The molecule has 0 saturated heterocycles. The molecule has 0 aliphatic rings. The summed E-state index contributed by atoms with van der Waals surface area (Å²) in [7, 11) is 1.52. The van der Waals surface area contributed by atoms with Crippen molar-refractivity contribution >= 4 is 5.95 Å². The molecule has 0 unspecified atom stereocenters. The fraction of sp³-hybridized carbons (Fsp3) is 0.429. The fourth-order valence-electron chi connectivity index (χ4n) is 1.65. The van der Waals surface area contributed by atoms with Crippen molar-refractivity contribution in [2.75, 3.05) is 25.6 Å². The van der Waals surface area contributed by atoms with Gasteiger partial charge in [-0.3, -0.25) is 4.98 Å². The number of aromatic nitrogens is 4. The zero-order valence-corrected chi connectivity index (χ0v) is 12.5. The summed E-state index contributed by atoms with van der Waals surface area (Å²) in [6, 6.07) is 2.11. The van der Waals surface area contributed by atoms with E-state index in [9.17, 15) is 0 Å². The number of rotatable bonds is 7. The molecule has 1 N–H and O–H groups in total. The van der Waals surface area contributed by atoms with Crippen molar-refractivity contribution in [3.8, 4) is 23.1 Å². The highest BCUT2D eigenvalue weighted by molar-refractivity contribution is 5.57. The molecule has 7 heteroatoms. The lowest BCUT2D eigenvalue weighted by Crippen LogP contribution is -2.06. The summed E-state index contributed by atoms with van der Waals surface area (Å²) in [4.78, 5) is 16.9. The minimum atomic E-state index is 0.260. The largest absolute Gasteiger partial charge is 0.492 e. The van der Waals surface area contributed by atoms with Crippen LogP contribution in [0.4, 0.5) is 5.95 Å². The third kappa shape index (κ3) is 4.01. The summed E-state index contributed by atoms with van der Waals surface area (Å²) in [6.07, 6.45) is 4.29. The van der Waals surface area contributed by atoms with Crippen LogP contribution in [-0.2, 0) is 0 Å². The molecule has 7 nitrogen and oxygen atoms in total. The maximum absolute atomic E-state index is 5.57. The van der Waals surface area contributed by atoms with Crippen LogP contribution < -0.4 is 14.8 Å². The molecule has 2 aromatic rings. The summed E-state index contributed by atoms with van der Waals surface area (Å²) in [5.41, 5.74) is 0.753. The van der Waals surface area contributed by atoms with Gasteiger partial charge in [0.25, 0.3) is 0 Å². The second-order valence-electron chi connectivity index (χ2n) is 4.26. The van der Waals surface area contributed by atoms with E-state index < -0.39 is 0 Å². The van der Waals surface area contributed by atoms with Gasteiger partial charge >= 0.3 is 6.01 Å². The number of hydrogen-bond acceptors (Lipinski definition) is 7. The van der Waals surface area contributed by atoms with Crippen LogP contribution in [0.2, 0.25) is 0 Å². The van der Waals surface area contributed by atoms with Crippen LogP contribution in [-0.4, -0.2) is 40.2 Å². The quantitative estimate of drug-likeness (QED) is 0.836. The van der Waals surface area contributed by atoms with Gasteiger partial charge in [-0.15, -0.1) is 0 Å². The highest BCUT2D eigenvalue weighted by atomic mass is 16.5. The van der Waals surface area contributed by atoms with E-state index in [0.717, 1.165) is 12.0 Å². The molecule has 0 radical (unpaired) electrons. The molecule has 0 fully saturated rings. The first-order valence-electron chi connectivity index (χ1n) is 6.89. The highest BCUT2D eigenvalue weighted by Gasteiger charge is 2.10. The van der Waals surface area contributed by atoms with Crippen LogP contribution in [0.1, 0.15) is 20.3 Å². The topological polar surface area (TPSA) is 82.1 Å². The van der Waals surface area contributed by atoms with E-state index in [-0.39, 0.29) is 6.01 Å². The van der Waals surface area contributed by atoms with E-state index in [1.807, 2.05) is 13.0 Å². The van der Waals surface area contributed by atoms with Crippen LogP contribution in [0.15, 0.2) is 18.5 Å². The fourth-order valence-corrected chi connectivity index (χ4v) is 1.65. The molecular weight excluding hydrogens is 270 g/mol. The van der Waals surface area contributed by atoms with Gasteiger partial charge in [-0.1, -0.05) is 6.92 Å². The Balaban J connectivity index is 2.33. The van der Waals surface area contributed by atoms with Crippen LogP contribution in [0.5, 0.6) is 11.8 Å². The molecule has 2 heterocycles. The molecule has 0 aromatic carbocycles. The zero-order valence-electron chi connectivity index (χ0n) is 12.5. The van der Waals surface area contributed by atoms with Gasteiger partial charge in [-0.25, -0.2) is 0 Å². The van der Waals surface area contributed by atoms with E-state index in [2.05, 4.69) is 32.2 Å². The van der Waals surface area contributed by atoms with Gasteiger partial charge in [0.05, 0.1) is 19.9 Å². The Morgan fingerprint density at radius 3 is 2.71 bits per heavy atom. The van der Waals surface area contributed by atoms with Gasteiger partial charge in [0.2, 0.25) is 5.95 Å². The number of hydrogen-bond donors (Lipinski definition) is 1. The van der Waals surface area contributed by atoms with Gasteiger partial charge in [-0.05, 0) is 19.4 Å². The van der Waals surface area contributed by atoms with Gasteiger partial charge in [0.1, 0.15) is 5.75 Å². The van der Waals surface area contributed by atoms with Crippen LogP contribution >= 0.6 is 0 Å². The van der Waals surface area contributed by atoms with Crippen LogP contribution in [0, 0.1) is 0 Å². The maximum Gasteiger partial charge on any atom is 0.321 e. The van der Waals surface area contributed by atoms with Crippen molar-refractivity contribution in [1.82, 2.24) is 19.9 Å². The molecule has 112 valence electrons. The molecule has 2 aromatic heterocycles. The third-order valence-corrected chi connectivity index (χ3v) is 2.58. The van der Waals surface area contributed by atoms with Crippen LogP contribution in [0.25, 0.3) is 11.4 Å². The molecule has 0 aliphatic heterocycles. The standard InChI is InChI=1S/C14H19N5O2/c1-4-6-21-11-7-10(8-15-9-11)12-17-13(16-5-2)19-14(18-12)20-3/h7-9H,4-6H2,1-3H3,(H,16,17,18,19). The molecule has 0 aliphatic carbocycles. The average Bonchev–Trinajstić information content (AvgIpc) is 2.53. The Bertz CT molecular complexity index is 591. The van der Waals surface area contributed by atoms with Crippen molar-refractivity contribution in [1.29, 1.82) is 0 Å². The molecule has 2 rings (SSSR count). The molecule has 0 saturated carbocycles. The molecule has 0 atom stereocenters. The summed E-state index contributed by atoms with van der Waals surface area (Å²) < 4.78 is 10.7. The zero-order chi connectivity index (χ0) is 15.1. The van der Waals surface area contributed by atoms with Crippen molar-refractivity contribution in [3.63, 3.8) is 0 Å². The monoisotopic (exact) mass is 289 g/mol. The lowest BCUT2D eigenvalue weighted by molar-refractivity contribution is 0.316. The second kappa shape index (κ2) is 7.37. The predicted octanol–water partition coefficient (Wildman–Crippen LogP) is 2.16. The summed E-state index contributed by atoms with van der Waals surface area (Å²) in [5, 5.41) is 3.05. The summed E-state index contributed by atoms with van der Waals surface area (Å²) in [5.74, 6) is 1.66. The van der Waals surface area contributed by atoms with Gasteiger partial charge in [0.15, 0.2) is 5.82 Å². The van der Waals surface area contributed by atoms with E-state index in [1.54, 1.807) is 12.4 Å². The smallest absolute Gasteiger partial charge is 0.321 e. The predicted molar refractivity (Wildman–Crippen MR) is 79.6 cm³/mol. The minimum Gasteiger partial charge on any atom is -0.492 e. The summed E-state index contributed by atoms with van der Waals surface area (Å²) >= 11 is 0. The van der Waals surface area contributed by atoms with Crippen molar-refractivity contribution in [2.45, 2.75) is 20.3 Å². The Kier molecular flexibility index (Phi) is 5.25. The Morgan fingerprint density at radius 2 is 2.00 bits per heavy atom. The second-order valence-corrected chi connectivity index (χ2v) is 4.26. The number of pyridine rings is 1. The Morgan fingerprint density at radius 1 is 1.14 bits per heavy atom. The van der Waals surface area contributed by atoms with Gasteiger partial charge in [0, 0.05) is 18.3 Å². The van der Waals surface area contributed by atoms with Crippen molar-refractivity contribution < 1.29 is 9.47 Å². The number of nitrogens with one attached hydrogen (secondary N) is 1. The van der Waals surface area contributed by atoms with E-state index in [1.165, 1.54) is 7.11 Å². The molecule has 21 heavy (non-hydrogen) atoms. The SMILES string of the molecule is CCCOc1cncc(-c2nc(NCC)nc(OC)n2)c1. The first kappa shape index (κ1) is 15.0. The van der Waals surface area contributed by atoms with Gasteiger partial charge in [-0.2, -0.15) is 15.0 Å². The molecule has 0 spiro atoms. The first-order chi connectivity index (χ1) is 10.3. The number of ether oxygens (including phenoxy) is 2. The van der Waals surface area contributed by atoms with Crippen molar-refractivity contribution in [3.05, 3.63) is 18.5 Å². The van der Waals surface area contributed by atoms with Crippen LogP contribution in [0.3, 0.4) is 0 Å². The molecule has 0 amide bonds. The van der Waals surface area contributed by atoms with Crippen molar-refractivity contribution in [2.24, 2.45) is 0 Å². The minimum absolute atomic E-state index is 0.260. The number of nitrogens with zero attached hydrogens (tertiary/aromatic N) is 4. The number of anilines is 1. The lowest BCUT2D eigenvalue weighted by Gasteiger charge is -2.08. The number of methoxy groups -OCH3 is 1. The highest BCUT2D eigenvalue weighted by Crippen LogP contribution is 2.22. The molecule has 0 bridgehead atoms.